The standard InChI is InChI=1S/C8H12N2O3/c1-2-3-4-9-7(11)6-5-13-10-8(6)12/h5H,2-4H2,1H3,(H,9,11)(H,10,12). The molecule has 0 radical (unpaired) electrons. The zero-order chi connectivity index (χ0) is 9.68. The summed E-state index contributed by atoms with van der Waals surface area (Å²) in [6.07, 6.45) is 3.02. The molecule has 0 saturated carbocycles. The summed E-state index contributed by atoms with van der Waals surface area (Å²) >= 11 is 0. The molecule has 72 valence electrons. The van der Waals surface area contributed by atoms with Gasteiger partial charge in [0.2, 0.25) is 0 Å². The minimum absolute atomic E-state index is 0.0242. The Morgan fingerprint density at radius 2 is 2.46 bits per heavy atom. The third-order valence-corrected chi connectivity index (χ3v) is 1.63. The van der Waals surface area contributed by atoms with Gasteiger partial charge in [-0.1, -0.05) is 13.3 Å². The predicted octanol–water partition coefficient (Wildman–Crippen LogP) is 0.498. The Bertz CT molecular complexity index is 326. The van der Waals surface area contributed by atoms with Crippen molar-refractivity contribution in [3.05, 3.63) is 22.2 Å². The van der Waals surface area contributed by atoms with Crippen LogP contribution in [-0.4, -0.2) is 17.6 Å². The highest BCUT2D eigenvalue weighted by Crippen LogP contribution is 1.90. The predicted molar refractivity (Wildman–Crippen MR) is 46.6 cm³/mol. The van der Waals surface area contributed by atoms with E-state index in [0.717, 1.165) is 19.1 Å². The first kappa shape index (κ1) is 9.57. The van der Waals surface area contributed by atoms with Gasteiger partial charge < -0.3 is 9.84 Å². The number of H-pyrrole nitrogens is 1. The van der Waals surface area contributed by atoms with Crippen molar-refractivity contribution in [2.24, 2.45) is 0 Å². The molecule has 0 bridgehead atoms. The zero-order valence-electron chi connectivity index (χ0n) is 7.42. The maximum absolute atomic E-state index is 11.2. The van der Waals surface area contributed by atoms with E-state index in [9.17, 15) is 9.59 Å². The topological polar surface area (TPSA) is 75.1 Å². The summed E-state index contributed by atoms with van der Waals surface area (Å²) in [5.41, 5.74) is -0.467. The summed E-state index contributed by atoms with van der Waals surface area (Å²) < 4.78 is 4.47. The van der Waals surface area contributed by atoms with E-state index in [0.29, 0.717) is 6.54 Å². The van der Waals surface area contributed by atoms with Crippen LogP contribution in [0, 0.1) is 0 Å². The quantitative estimate of drug-likeness (QED) is 0.669. The normalized spacial score (nSPS) is 9.92. The fraction of sp³-hybridized carbons (Fsp3) is 0.500. The SMILES string of the molecule is CCCCNC(=O)c1co[nH]c1=O. The van der Waals surface area contributed by atoms with Crippen molar-refractivity contribution in [1.82, 2.24) is 10.5 Å². The number of carbonyl (C=O) groups is 1. The smallest absolute Gasteiger partial charge is 0.292 e. The van der Waals surface area contributed by atoms with Crippen LogP contribution in [0.2, 0.25) is 0 Å². The summed E-state index contributed by atoms with van der Waals surface area (Å²) in [5.74, 6) is -0.386. The highest BCUT2D eigenvalue weighted by Gasteiger charge is 2.10. The lowest BCUT2D eigenvalue weighted by Gasteiger charge is -1.99. The number of carbonyl (C=O) groups excluding carboxylic acids is 1. The summed E-state index contributed by atoms with van der Waals surface area (Å²) in [4.78, 5) is 22.1. The summed E-state index contributed by atoms with van der Waals surface area (Å²) in [5, 5.41) is 4.66. The number of hydrogen-bond acceptors (Lipinski definition) is 3. The monoisotopic (exact) mass is 184 g/mol. The number of hydrogen-bond donors (Lipinski definition) is 2. The zero-order valence-corrected chi connectivity index (χ0v) is 7.42. The van der Waals surface area contributed by atoms with Gasteiger partial charge in [0.25, 0.3) is 11.5 Å². The van der Waals surface area contributed by atoms with Crippen molar-refractivity contribution in [3.63, 3.8) is 0 Å². The molecule has 0 aliphatic rings. The van der Waals surface area contributed by atoms with Crippen LogP contribution in [0.25, 0.3) is 0 Å². The molecule has 1 heterocycles. The van der Waals surface area contributed by atoms with E-state index >= 15 is 0 Å². The van der Waals surface area contributed by atoms with Gasteiger partial charge in [0.05, 0.1) is 0 Å². The molecule has 1 rings (SSSR count). The molecule has 0 aromatic carbocycles. The largest absolute Gasteiger partial charge is 0.386 e. The first-order valence-corrected chi connectivity index (χ1v) is 4.20. The first-order chi connectivity index (χ1) is 6.25. The molecule has 0 atom stereocenters. The van der Waals surface area contributed by atoms with Crippen LogP contribution < -0.4 is 10.9 Å². The Balaban J connectivity index is 2.50. The van der Waals surface area contributed by atoms with Crippen molar-refractivity contribution < 1.29 is 9.32 Å². The van der Waals surface area contributed by atoms with Gasteiger partial charge >= 0.3 is 0 Å². The Morgan fingerprint density at radius 1 is 1.69 bits per heavy atom. The first-order valence-electron chi connectivity index (χ1n) is 4.20. The van der Waals surface area contributed by atoms with E-state index in [1.807, 2.05) is 12.1 Å². The lowest BCUT2D eigenvalue weighted by molar-refractivity contribution is 0.0951. The maximum Gasteiger partial charge on any atom is 0.292 e. The number of unbranched alkanes of at least 4 members (excludes halogenated alkanes) is 1. The number of aromatic amines is 1. The Hall–Kier alpha value is -1.52. The molecule has 0 aliphatic heterocycles. The van der Waals surface area contributed by atoms with Crippen molar-refractivity contribution in [3.8, 4) is 0 Å². The molecule has 0 spiro atoms. The third kappa shape index (κ3) is 2.47. The van der Waals surface area contributed by atoms with Crippen LogP contribution in [0.4, 0.5) is 0 Å². The molecule has 1 aromatic heterocycles. The molecule has 1 aromatic rings. The van der Waals surface area contributed by atoms with E-state index in [-0.39, 0.29) is 11.5 Å². The molecule has 2 N–H and O–H groups in total. The summed E-state index contributed by atoms with van der Waals surface area (Å²) in [7, 11) is 0. The number of aromatic nitrogens is 1. The van der Waals surface area contributed by atoms with Gasteiger partial charge in [-0.2, -0.15) is 5.16 Å². The minimum atomic E-state index is -0.492. The van der Waals surface area contributed by atoms with Gasteiger partial charge in [0.1, 0.15) is 11.8 Å². The molecule has 5 nitrogen and oxygen atoms in total. The van der Waals surface area contributed by atoms with Crippen LogP contribution in [0.15, 0.2) is 15.6 Å². The molecule has 1 amide bonds. The second kappa shape index (κ2) is 4.49. The average Bonchev–Trinajstić information content (AvgIpc) is 2.52. The van der Waals surface area contributed by atoms with Crippen molar-refractivity contribution in [1.29, 1.82) is 0 Å². The highest BCUT2D eigenvalue weighted by molar-refractivity contribution is 5.93. The van der Waals surface area contributed by atoms with Crippen LogP contribution in [0.3, 0.4) is 0 Å². The molecular weight excluding hydrogens is 172 g/mol. The molecule has 0 saturated heterocycles. The number of rotatable bonds is 4. The van der Waals surface area contributed by atoms with Gasteiger partial charge in [-0.25, -0.2) is 0 Å². The molecule has 0 aliphatic carbocycles. The van der Waals surface area contributed by atoms with Gasteiger partial charge in [-0.05, 0) is 6.42 Å². The lowest BCUT2D eigenvalue weighted by atomic mass is 10.3. The van der Waals surface area contributed by atoms with Crippen LogP contribution in [0.5, 0.6) is 0 Å². The Kier molecular flexibility index (Phi) is 3.31. The second-order valence-corrected chi connectivity index (χ2v) is 2.69. The molecule has 5 heteroatoms. The van der Waals surface area contributed by atoms with E-state index in [1.54, 1.807) is 0 Å². The van der Waals surface area contributed by atoms with Gasteiger partial charge in [0.15, 0.2) is 0 Å². The van der Waals surface area contributed by atoms with E-state index in [1.165, 1.54) is 0 Å². The molecule has 0 fully saturated rings. The Morgan fingerprint density at radius 3 is 3.00 bits per heavy atom. The van der Waals surface area contributed by atoms with Crippen molar-refractivity contribution >= 4 is 5.91 Å². The molecule has 0 unspecified atom stereocenters. The van der Waals surface area contributed by atoms with Gasteiger partial charge in [-0.3, -0.25) is 9.59 Å². The van der Waals surface area contributed by atoms with E-state index in [4.69, 9.17) is 0 Å². The lowest BCUT2D eigenvalue weighted by Crippen LogP contribution is -2.28. The van der Waals surface area contributed by atoms with Crippen molar-refractivity contribution in [2.45, 2.75) is 19.8 Å². The van der Waals surface area contributed by atoms with Gasteiger partial charge in [-0.15, -0.1) is 0 Å². The van der Waals surface area contributed by atoms with E-state index < -0.39 is 5.56 Å². The van der Waals surface area contributed by atoms with E-state index in [2.05, 4.69) is 9.84 Å². The van der Waals surface area contributed by atoms with Crippen molar-refractivity contribution in [2.75, 3.05) is 6.54 Å². The second-order valence-electron chi connectivity index (χ2n) is 2.69. The average molecular weight is 184 g/mol. The fourth-order valence-corrected chi connectivity index (χ4v) is 0.881. The molecular formula is C8H12N2O3. The van der Waals surface area contributed by atoms with Crippen LogP contribution in [-0.2, 0) is 0 Å². The minimum Gasteiger partial charge on any atom is -0.386 e. The van der Waals surface area contributed by atoms with Gasteiger partial charge in [0, 0.05) is 6.54 Å². The van der Waals surface area contributed by atoms with Crippen LogP contribution in [0.1, 0.15) is 30.1 Å². The fourth-order valence-electron chi connectivity index (χ4n) is 0.881. The highest BCUT2D eigenvalue weighted by atomic mass is 16.5. The number of nitrogens with one attached hydrogen (secondary N) is 2. The maximum atomic E-state index is 11.2. The molecule has 13 heavy (non-hydrogen) atoms. The summed E-state index contributed by atoms with van der Waals surface area (Å²) in [6, 6.07) is 0. The summed E-state index contributed by atoms with van der Waals surface area (Å²) in [6.45, 7) is 2.61. The Labute approximate surface area is 75.1 Å². The number of amides is 1. The van der Waals surface area contributed by atoms with Crippen LogP contribution >= 0.6 is 0 Å². The third-order valence-electron chi connectivity index (χ3n) is 1.63.